The number of H-pyrrole nitrogens is 1. The molecule has 2 aromatic heterocycles. The lowest BCUT2D eigenvalue weighted by Gasteiger charge is -2.19. The molecular weight excluding hydrogens is 352 g/mol. The molecule has 1 fully saturated rings. The van der Waals surface area contributed by atoms with E-state index in [4.69, 9.17) is 0 Å². The Labute approximate surface area is 165 Å². The van der Waals surface area contributed by atoms with Gasteiger partial charge < -0.3 is 4.98 Å². The summed E-state index contributed by atoms with van der Waals surface area (Å²) in [6, 6.07) is 0. The average molecular weight is 378 g/mol. The highest BCUT2D eigenvalue weighted by molar-refractivity contribution is 6.32. The largest absolute Gasteiger partial charge is 0.359 e. The lowest BCUT2D eigenvalue weighted by atomic mass is 10.0. The Hall–Kier alpha value is -2.80. The van der Waals surface area contributed by atoms with E-state index in [9.17, 15) is 4.79 Å². The average Bonchev–Trinajstić information content (AvgIpc) is 3.42. The number of carbonyl (C=O) groups is 1. The molecule has 2 aliphatic rings. The van der Waals surface area contributed by atoms with Crippen LogP contribution >= 0.6 is 0 Å². The Morgan fingerprint density at radius 2 is 2.04 bits per heavy atom. The molecule has 2 aromatic rings. The van der Waals surface area contributed by atoms with E-state index in [0.717, 1.165) is 25.3 Å². The van der Waals surface area contributed by atoms with Crippen LogP contribution in [0.25, 0.3) is 6.08 Å². The summed E-state index contributed by atoms with van der Waals surface area (Å²) < 4.78 is 0. The summed E-state index contributed by atoms with van der Waals surface area (Å²) in [6.07, 6.45) is 9.18. The van der Waals surface area contributed by atoms with Crippen LogP contribution in [0.1, 0.15) is 60.8 Å². The van der Waals surface area contributed by atoms with E-state index < -0.39 is 0 Å². The van der Waals surface area contributed by atoms with Crippen LogP contribution in [0.15, 0.2) is 29.3 Å². The third-order valence-electron chi connectivity index (χ3n) is 5.52. The summed E-state index contributed by atoms with van der Waals surface area (Å²) in [5.74, 6) is 0.365. The van der Waals surface area contributed by atoms with Crippen molar-refractivity contribution in [1.29, 1.82) is 0 Å². The molecule has 4 rings (SSSR count). The van der Waals surface area contributed by atoms with Crippen LogP contribution in [0.2, 0.25) is 0 Å². The fourth-order valence-corrected chi connectivity index (χ4v) is 3.77. The second-order valence-corrected chi connectivity index (χ2v) is 7.34. The van der Waals surface area contributed by atoms with Crippen molar-refractivity contribution >= 4 is 17.7 Å². The zero-order valence-corrected chi connectivity index (χ0v) is 16.6. The molecule has 7 nitrogen and oxygen atoms in total. The molecule has 0 radical (unpaired) electrons. The molecule has 0 unspecified atom stereocenters. The topological polar surface area (TPSA) is 86.3 Å². The van der Waals surface area contributed by atoms with E-state index in [1.807, 2.05) is 6.08 Å². The summed E-state index contributed by atoms with van der Waals surface area (Å²) in [5, 5.41) is 4.18. The predicted molar refractivity (Wildman–Crippen MR) is 109 cm³/mol. The molecule has 0 bridgehead atoms. The van der Waals surface area contributed by atoms with Crippen molar-refractivity contribution in [2.24, 2.45) is 5.10 Å². The first-order chi connectivity index (χ1) is 13.6. The summed E-state index contributed by atoms with van der Waals surface area (Å²) in [5.41, 5.74) is 9.14. The first kappa shape index (κ1) is 18.6. The van der Waals surface area contributed by atoms with Gasteiger partial charge in [0.15, 0.2) is 0 Å². The van der Waals surface area contributed by atoms with Crippen LogP contribution in [0.3, 0.4) is 0 Å². The van der Waals surface area contributed by atoms with Gasteiger partial charge in [-0.25, -0.2) is 5.43 Å². The minimum Gasteiger partial charge on any atom is -0.359 e. The number of carbonyl (C=O) groups excluding carboxylic acids is 1. The van der Waals surface area contributed by atoms with Crippen molar-refractivity contribution in [2.45, 2.75) is 46.1 Å². The van der Waals surface area contributed by atoms with Crippen LogP contribution in [-0.2, 0) is 11.3 Å². The van der Waals surface area contributed by atoms with E-state index in [2.05, 4.69) is 51.2 Å². The van der Waals surface area contributed by atoms with E-state index in [1.165, 1.54) is 29.7 Å². The van der Waals surface area contributed by atoms with Crippen LogP contribution in [0.5, 0.6) is 0 Å². The maximum Gasteiger partial charge on any atom is 0.273 e. The van der Waals surface area contributed by atoms with Crippen molar-refractivity contribution in [3.8, 4) is 0 Å². The maximum absolute atomic E-state index is 12.5. The normalized spacial score (nSPS) is 18.1. The van der Waals surface area contributed by atoms with E-state index in [1.54, 1.807) is 18.6 Å². The van der Waals surface area contributed by atoms with Crippen molar-refractivity contribution < 1.29 is 4.79 Å². The number of hydrogen-bond donors (Lipinski definition) is 2. The number of hydrazone groups is 1. The van der Waals surface area contributed by atoms with Crippen molar-refractivity contribution in [2.75, 3.05) is 13.1 Å². The van der Waals surface area contributed by atoms with Crippen molar-refractivity contribution in [1.82, 2.24) is 25.3 Å². The SMILES string of the molecule is CCN(CC)Cc1c(C)[nH]c(/C=C2/C(=O)NN=C2c2cnccn2)c1C1CC1. The number of rotatable bonds is 7. The number of nitrogens with zero attached hydrogens (tertiary/aromatic N) is 4. The Morgan fingerprint density at radius 3 is 2.68 bits per heavy atom. The fourth-order valence-electron chi connectivity index (χ4n) is 3.77. The first-order valence-corrected chi connectivity index (χ1v) is 9.92. The number of amides is 1. The molecule has 0 aromatic carbocycles. The van der Waals surface area contributed by atoms with Crippen LogP contribution in [-0.4, -0.2) is 44.6 Å². The van der Waals surface area contributed by atoms with E-state index in [-0.39, 0.29) is 5.91 Å². The quantitative estimate of drug-likeness (QED) is 0.726. The van der Waals surface area contributed by atoms with Gasteiger partial charge in [0.1, 0.15) is 11.4 Å². The molecule has 3 heterocycles. The van der Waals surface area contributed by atoms with Crippen molar-refractivity contribution in [3.05, 3.63) is 52.4 Å². The summed E-state index contributed by atoms with van der Waals surface area (Å²) in [7, 11) is 0. The summed E-state index contributed by atoms with van der Waals surface area (Å²) >= 11 is 0. The highest BCUT2D eigenvalue weighted by Crippen LogP contribution is 2.45. The zero-order chi connectivity index (χ0) is 19.7. The highest BCUT2D eigenvalue weighted by atomic mass is 16.2. The summed E-state index contributed by atoms with van der Waals surface area (Å²) in [6.45, 7) is 9.48. The molecule has 7 heteroatoms. The monoisotopic (exact) mass is 378 g/mol. The Balaban J connectivity index is 1.75. The number of hydrogen-bond acceptors (Lipinski definition) is 5. The Bertz CT molecular complexity index is 935. The number of aromatic amines is 1. The second-order valence-electron chi connectivity index (χ2n) is 7.34. The van der Waals surface area contributed by atoms with Gasteiger partial charge in [0.2, 0.25) is 0 Å². The molecule has 0 atom stereocenters. The van der Waals surface area contributed by atoms with Crippen LogP contribution in [0, 0.1) is 6.92 Å². The van der Waals surface area contributed by atoms with Gasteiger partial charge in [-0.05, 0) is 56.0 Å². The van der Waals surface area contributed by atoms with Crippen molar-refractivity contribution in [3.63, 3.8) is 0 Å². The van der Waals surface area contributed by atoms with Gasteiger partial charge >= 0.3 is 0 Å². The maximum atomic E-state index is 12.5. The van der Waals surface area contributed by atoms with Gasteiger partial charge in [-0.1, -0.05) is 13.8 Å². The minimum absolute atomic E-state index is 0.208. The molecule has 0 saturated heterocycles. The Kier molecular flexibility index (Phi) is 5.09. The van der Waals surface area contributed by atoms with Gasteiger partial charge in [-0.3, -0.25) is 19.7 Å². The fraction of sp³-hybridized carbons (Fsp3) is 0.429. The molecule has 1 amide bonds. The van der Waals surface area contributed by atoms with Gasteiger partial charge in [0.05, 0.1) is 11.8 Å². The molecule has 28 heavy (non-hydrogen) atoms. The van der Waals surface area contributed by atoms with E-state index in [0.29, 0.717) is 22.9 Å². The van der Waals surface area contributed by atoms with Gasteiger partial charge in [0, 0.05) is 30.3 Å². The van der Waals surface area contributed by atoms with Crippen LogP contribution < -0.4 is 5.43 Å². The smallest absolute Gasteiger partial charge is 0.273 e. The molecule has 1 aliphatic carbocycles. The lowest BCUT2D eigenvalue weighted by Crippen LogP contribution is -2.22. The molecule has 1 aliphatic heterocycles. The number of aromatic nitrogens is 3. The van der Waals surface area contributed by atoms with Gasteiger partial charge in [-0.2, -0.15) is 5.10 Å². The summed E-state index contributed by atoms with van der Waals surface area (Å²) in [4.78, 5) is 26.8. The molecule has 1 saturated carbocycles. The highest BCUT2D eigenvalue weighted by Gasteiger charge is 2.32. The standard InChI is InChI=1S/C21H26N6O/c1-4-27(5-2)12-16-13(3)24-17(19(16)14-6-7-14)10-15-20(25-26-21(15)28)18-11-22-8-9-23-18/h8-11,14,24H,4-7,12H2,1-3H3,(H,26,28)/b15-10+. The second kappa shape index (κ2) is 7.67. The zero-order valence-electron chi connectivity index (χ0n) is 16.6. The Morgan fingerprint density at radius 1 is 1.25 bits per heavy atom. The first-order valence-electron chi connectivity index (χ1n) is 9.92. The predicted octanol–water partition coefficient (Wildman–Crippen LogP) is 2.75. The van der Waals surface area contributed by atoms with Gasteiger partial charge in [0.25, 0.3) is 5.91 Å². The number of aryl methyl sites for hydroxylation is 1. The van der Waals surface area contributed by atoms with Crippen LogP contribution in [0.4, 0.5) is 0 Å². The van der Waals surface area contributed by atoms with E-state index >= 15 is 0 Å². The lowest BCUT2D eigenvalue weighted by molar-refractivity contribution is -0.116. The molecule has 2 N–H and O–H groups in total. The third kappa shape index (κ3) is 3.49. The van der Waals surface area contributed by atoms with Gasteiger partial charge in [-0.15, -0.1) is 0 Å². The third-order valence-corrected chi connectivity index (χ3v) is 5.52. The number of nitrogens with one attached hydrogen (secondary N) is 2. The minimum atomic E-state index is -0.208. The molecular formula is C21H26N6O. The molecule has 146 valence electrons. The molecule has 0 spiro atoms.